The van der Waals surface area contributed by atoms with E-state index < -0.39 is 10.0 Å². The molecule has 9 heteroatoms. The van der Waals surface area contributed by atoms with Crippen LogP contribution in [0.5, 0.6) is 0 Å². The SMILES string of the molecule is Cn1cc(S(=O)(=O)NCc2nncn2C)cc1CN. The number of aromatic nitrogens is 4. The van der Waals surface area contributed by atoms with E-state index in [9.17, 15) is 8.42 Å². The molecule has 2 heterocycles. The van der Waals surface area contributed by atoms with Crippen LogP contribution in [0.25, 0.3) is 0 Å². The van der Waals surface area contributed by atoms with Crippen molar-refractivity contribution in [1.82, 2.24) is 24.1 Å². The number of nitrogens with two attached hydrogens (primary N) is 1. The maximum atomic E-state index is 12.1. The number of aryl methyl sites for hydroxylation is 2. The van der Waals surface area contributed by atoms with Gasteiger partial charge in [-0.05, 0) is 6.07 Å². The van der Waals surface area contributed by atoms with Crippen molar-refractivity contribution >= 4 is 10.0 Å². The summed E-state index contributed by atoms with van der Waals surface area (Å²) in [6.45, 7) is 0.376. The Kier molecular flexibility index (Phi) is 3.69. The van der Waals surface area contributed by atoms with Gasteiger partial charge in [-0.2, -0.15) is 0 Å². The lowest BCUT2D eigenvalue weighted by atomic mass is 10.4. The Bertz CT molecular complexity index is 672. The average molecular weight is 284 g/mol. The van der Waals surface area contributed by atoms with Crippen LogP contribution in [-0.4, -0.2) is 27.7 Å². The van der Waals surface area contributed by atoms with Gasteiger partial charge in [0.05, 0.1) is 11.4 Å². The zero-order chi connectivity index (χ0) is 14.0. The highest BCUT2D eigenvalue weighted by atomic mass is 32.2. The fourth-order valence-corrected chi connectivity index (χ4v) is 2.71. The second-order valence-electron chi connectivity index (χ2n) is 4.16. The molecule has 0 amide bonds. The normalized spacial score (nSPS) is 11.9. The number of nitrogens with zero attached hydrogens (tertiary/aromatic N) is 4. The summed E-state index contributed by atoms with van der Waals surface area (Å²) in [4.78, 5) is 0.192. The van der Waals surface area contributed by atoms with E-state index in [4.69, 9.17) is 5.73 Å². The molecule has 0 aliphatic heterocycles. The molecule has 2 aromatic heterocycles. The van der Waals surface area contributed by atoms with Crippen molar-refractivity contribution in [3.63, 3.8) is 0 Å². The van der Waals surface area contributed by atoms with Gasteiger partial charge in [0.2, 0.25) is 10.0 Å². The highest BCUT2D eigenvalue weighted by molar-refractivity contribution is 7.89. The lowest BCUT2D eigenvalue weighted by Gasteiger charge is -2.04. The largest absolute Gasteiger partial charge is 0.352 e. The molecule has 0 radical (unpaired) electrons. The van der Waals surface area contributed by atoms with Gasteiger partial charge in [-0.3, -0.25) is 0 Å². The van der Waals surface area contributed by atoms with Crippen molar-refractivity contribution in [1.29, 1.82) is 0 Å². The van der Waals surface area contributed by atoms with E-state index in [-0.39, 0.29) is 18.0 Å². The molecule has 19 heavy (non-hydrogen) atoms. The van der Waals surface area contributed by atoms with Gasteiger partial charge in [0, 0.05) is 32.5 Å². The smallest absolute Gasteiger partial charge is 0.242 e. The van der Waals surface area contributed by atoms with Crippen molar-refractivity contribution in [2.45, 2.75) is 18.0 Å². The molecule has 2 rings (SSSR count). The summed E-state index contributed by atoms with van der Waals surface area (Å²) < 4.78 is 30.0. The maximum Gasteiger partial charge on any atom is 0.242 e. The summed E-state index contributed by atoms with van der Waals surface area (Å²) in [6.07, 6.45) is 3.04. The van der Waals surface area contributed by atoms with Gasteiger partial charge < -0.3 is 14.9 Å². The first kappa shape index (κ1) is 13.7. The molecular weight excluding hydrogens is 268 g/mol. The van der Waals surface area contributed by atoms with Crippen LogP contribution in [0.15, 0.2) is 23.5 Å². The Hall–Kier alpha value is -1.71. The van der Waals surface area contributed by atoms with Crippen LogP contribution in [0.4, 0.5) is 0 Å². The molecule has 0 spiro atoms. The fourth-order valence-electron chi connectivity index (χ4n) is 1.64. The number of rotatable bonds is 5. The Labute approximate surface area is 111 Å². The van der Waals surface area contributed by atoms with Gasteiger partial charge in [-0.15, -0.1) is 10.2 Å². The monoisotopic (exact) mass is 284 g/mol. The van der Waals surface area contributed by atoms with E-state index in [1.807, 2.05) is 0 Å². The third kappa shape index (κ3) is 2.83. The first-order valence-electron chi connectivity index (χ1n) is 5.62. The van der Waals surface area contributed by atoms with E-state index in [0.29, 0.717) is 5.82 Å². The minimum atomic E-state index is -3.57. The van der Waals surface area contributed by atoms with Crippen molar-refractivity contribution in [3.05, 3.63) is 30.1 Å². The highest BCUT2D eigenvalue weighted by Gasteiger charge is 2.17. The Balaban J connectivity index is 2.16. The van der Waals surface area contributed by atoms with Crippen LogP contribution < -0.4 is 10.5 Å². The number of hydrogen-bond acceptors (Lipinski definition) is 5. The summed E-state index contributed by atoms with van der Waals surface area (Å²) in [5.74, 6) is 0.540. The van der Waals surface area contributed by atoms with E-state index >= 15 is 0 Å². The standard InChI is InChI=1S/C10H16N6O2S/c1-15-6-9(3-8(15)4-11)19(17,18)13-5-10-14-12-7-16(10)2/h3,6-7,13H,4-5,11H2,1-2H3. The summed E-state index contributed by atoms with van der Waals surface area (Å²) in [5.41, 5.74) is 6.27. The summed E-state index contributed by atoms with van der Waals surface area (Å²) in [7, 11) is -0.0698. The zero-order valence-corrected chi connectivity index (χ0v) is 11.6. The Morgan fingerprint density at radius 2 is 2.11 bits per heavy atom. The maximum absolute atomic E-state index is 12.1. The molecule has 0 aliphatic carbocycles. The molecule has 0 unspecified atom stereocenters. The minimum absolute atomic E-state index is 0.0890. The highest BCUT2D eigenvalue weighted by Crippen LogP contribution is 2.13. The lowest BCUT2D eigenvalue weighted by Crippen LogP contribution is -2.24. The van der Waals surface area contributed by atoms with Crippen LogP contribution in [0.1, 0.15) is 11.5 Å². The summed E-state index contributed by atoms with van der Waals surface area (Å²) >= 11 is 0. The molecule has 3 N–H and O–H groups in total. The molecule has 0 atom stereocenters. The first-order valence-corrected chi connectivity index (χ1v) is 7.10. The number of nitrogens with one attached hydrogen (secondary N) is 1. The molecule has 0 aliphatic rings. The van der Waals surface area contributed by atoms with Crippen molar-refractivity contribution in [3.8, 4) is 0 Å². The predicted octanol–water partition coefficient (Wildman–Crippen LogP) is -0.909. The van der Waals surface area contributed by atoms with E-state index in [1.165, 1.54) is 12.5 Å². The van der Waals surface area contributed by atoms with Crippen LogP contribution in [0.3, 0.4) is 0 Å². The lowest BCUT2D eigenvalue weighted by molar-refractivity contribution is 0.577. The van der Waals surface area contributed by atoms with Gasteiger partial charge in [-0.1, -0.05) is 0 Å². The third-order valence-electron chi connectivity index (χ3n) is 2.83. The van der Waals surface area contributed by atoms with Crippen LogP contribution in [0, 0.1) is 0 Å². The van der Waals surface area contributed by atoms with Gasteiger partial charge in [-0.25, -0.2) is 13.1 Å². The quantitative estimate of drug-likeness (QED) is 0.739. The van der Waals surface area contributed by atoms with Gasteiger partial charge in [0.25, 0.3) is 0 Å². The second kappa shape index (κ2) is 5.11. The minimum Gasteiger partial charge on any atom is -0.352 e. The van der Waals surface area contributed by atoms with E-state index in [1.54, 1.807) is 29.3 Å². The number of sulfonamides is 1. The number of hydrogen-bond donors (Lipinski definition) is 2. The predicted molar refractivity (Wildman–Crippen MR) is 68.3 cm³/mol. The van der Waals surface area contributed by atoms with Crippen LogP contribution >= 0.6 is 0 Å². The fraction of sp³-hybridized carbons (Fsp3) is 0.400. The Morgan fingerprint density at radius 3 is 2.63 bits per heavy atom. The Morgan fingerprint density at radius 1 is 1.37 bits per heavy atom. The topological polar surface area (TPSA) is 108 Å². The van der Waals surface area contributed by atoms with E-state index in [2.05, 4.69) is 14.9 Å². The molecule has 8 nitrogen and oxygen atoms in total. The molecular formula is C10H16N6O2S. The molecule has 0 saturated heterocycles. The van der Waals surface area contributed by atoms with E-state index in [0.717, 1.165) is 5.69 Å². The molecule has 2 aromatic rings. The van der Waals surface area contributed by atoms with Crippen molar-refractivity contribution < 1.29 is 8.42 Å². The zero-order valence-electron chi connectivity index (χ0n) is 10.7. The third-order valence-corrected chi connectivity index (χ3v) is 4.20. The average Bonchev–Trinajstić information content (AvgIpc) is 2.93. The van der Waals surface area contributed by atoms with Crippen LogP contribution in [-0.2, 0) is 37.2 Å². The summed E-state index contributed by atoms with van der Waals surface area (Å²) in [6, 6.07) is 1.55. The summed E-state index contributed by atoms with van der Waals surface area (Å²) in [5, 5.41) is 7.50. The molecule has 0 bridgehead atoms. The van der Waals surface area contributed by atoms with Crippen LogP contribution in [0.2, 0.25) is 0 Å². The van der Waals surface area contributed by atoms with Gasteiger partial charge in [0.15, 0.2) is 0 Å². The molecule has 104 valence electrons. The van der Waals surface area contributed by atoms with Crippen molar-refractivity contribution in [2.24, 2.45) is 19.8 Å². The molecule has 0 aromatic carbocycles. The molecule has 0 saturated carbocycles. The van der Waals surface area contributed by atoms with Crippen molar-refractivity contribution in [2.75, 3.05) is 0 Å². The van der Waals surface area contributed by atoms with Gasteiger partial charge >= 0.3 is 0 Å². The first-order chi connectivity index (χ1) is 8.94. The molecule has 0 fully saturated rings. The van der Waals surface area contributed by atoms with Gasteiger partial charge in [0.1, 0.15) is 12.2 Å². The second-order valence-corrected chi connectivity index (χ2v) is 5.93.